The van der Waals surface area contributed by atoms with Gasteiger partial charge in [0, 0.05) is 24.7 Å². The fourth-order valence-electron chi connectivity index (χ4n) is 1.84. The number of anilines is 1. The summed E-state index contributed by atoms with van der Waals surface area (Å²) in [5.74, 6) is 0. The second kappa shape index (κ2) is 5.80. The molecule has 4 nitrogen and oxygen atoms in total. The lowest BCUT2D eigenvalue weighted by atomic mass is 10.2. The molecule has 2 heterocycles. The second-order valence-corrected chi connectivity index (χ2v) is 4.89. The van der Waals surface area contributed by atoms with Crippen LogP contribution in [0.4, 0.5) is 5.69 Å². The van der Waals surface area contributed by atoms with Gasteiger partial charge >= 0.3 is 0 Å². The van der Waals surface area contributed by atoms with E-state index < -0.39 is 0 Å². The summed E-state index contributed by atoms with van der Waals surface area (Å²) in [6, 6.07) is 2.10. The molecule has 0 saturated carbocycles. The highest BCUT2D eigenvalue weighted by molar-refractivity contribution is 9.10. The zero-order chi connectivity index (χ0) is 12.3. The molecule has 17 heavy (non-hydrogen) atoms. The third-order valence-electron chi connectivity index (χ3n) is 2.97. The molecule has 0 amide bonds. The quantitative estimate of drug-likeness (QED) is 0.858. The number of morpholine rings is 1. The molecule has 1 aromatic rings. The monoisotopic (exact) mass is 300 g/mol. The van der Waals surface area contributed by atoms with E-state index in [0.717, 1.165) is 42.2 Å². The van der Waals surface area contributed by atoms with Crippen LogP contribution in [0.1, 0.15) is 18.7 Å². The normalized spacial score (nSPS) is 18.2. The number of methoxy groups -OCH3 is 1. The Bertz CT molecular complexity index is 381. The molecule has 0 radical (unpaired) electrons. The number of hydrogen-bond donors (Lipinski definition) is 0. The third-order valence-corrected chi connectivity index (χ3v) is 3.61. The van der Waals surface area contributed by atoms with Gasteiger partial charge in [-0.2, -0.15) is 0 Å². The minimum Gasteiger partial charge on any atom is -0.378 e. The number of aromatic nitrogens is 1. The van der Waals surface area contributed by atoms with Gasteiger partial charge in [-0.05, 0) is 28.9 Å². The summed E-state index contributed by atoms with van der Waals surface area (Å²) in [6.45, 7) is 5.41. The summed E-state index contributed by atoms with van der Waals surface area (Å²) >= 11 is 3.55. The van der Waals surface area contributed by atoms with Crippen molar-refractivity contribution in [3.05, 3.63) is 22.4 Å². The second-order valence-electron chi connectivity index (χ2n) is 4.04. The van der Waals surface area contributed by atoms with Crippen LogP contribution < -0.4 is 4.90 Å². The molecule has 2 rings (SSSR count). The molecule has 1 aliphatic rings. The van der Waals surface area contributed by atoms with Crippen molar-refractivity contribution in [1.82, 2.24) is 4.98 Å². The molecule has 0 spiro atoms. The van der Waals surface area contributed by atoms with Crippen molar-refractivity contribution in [2.75, 3.05) is 38.3 Å². The first-order valence-corrected chi connectivity index (χ1v) is 6.52. The fourth-order valence-corrected chi connectivity index (χ4v) is 2.50. The summed E-state index contributed by atoms with van der Waals surface area (Å²) in [6.07, 6.45) is 1.91. The number of rotatable bonds is 3. The van der Waals surface area contributed by atoms with E-state index in [1.807, 2.05) is 13.1 Å². The standard InChI is InChI=1S/C12H17BrN2O2/c1-9(16-2)12-11(13)7-10(8-14-12)15-3-5-17-6-4-15/h7-9H,3-6H2,1-2H3/t9-/m0/s1. The molecule has 0 N–H and O–H groups in total. The summed E-state index contributed by atoms with van der Waals surface area (Å²) in [5, 5.41) is 0. The first-order chi connectivity index (χ1) is 8.22. The molecule has 1 aromatic heterocycles. The van der Waals surface area contributed by atoms with E-state index >= 15 is 0 Å². The summed E-state index contributed by atoms with van der Waals surface area (Å²) in [5.41, 5.74) is 2.07. The Kier molecular flexibility index (Phi) is 4.36. The van der Waals surface area contributed by atoms with Crippen LogP contribution in [-0.2, 0) is 9.47 Å². The number of hydrogen-bond acceptors (Lipinski definition) is 4. The predicted molar refractivity (Wildman–Crippen MR) is 70.4 cm³/mol. The minimum absolute atomic E-state index is 0.00288. The molecule has 0 unspecified atom stereocenters. The predicted octanol–water partition coefficient (Wildman–Crippen LogP) is 2.39. The Morgan fingerprint density at radius 1 is 1.47 bits per heavy atom. The van der Waals surface area contributed by atoms with Gasteiger partial charge in [-0.25, -0.2) is 0 Å². The molecular formula is C12H17BrN2O2. The van der Waals surface area contributed by atoms with E-state index in [0.29, 0.717) is 0 Å². The molecule has 0 aliphatic carbocycles. The van der Waals surface area contributed by atoms with Gasteiger partial charge in [0.25, 0.3) is 0 Å². The average Bonchev–Trinajstić information content (AvgIpc) is 2.39. The average molecular weight is 301 g/mol. The van der Waals surface area contributed by atoms with Gasteiger partial charge in [0.2, 0.25) is 0 Å². The van der Waals surface area contributed by atoms with Crippen LogP contribution in [0.15, 0.2) is 16.7 Å². The van der Waals surface area contributed by atoms with Crippen molar-refractivity contribution in [3.63, 3.8) is 0 Å². The Labute approximate surface area is 110 Å². The third kappa shape index (κ3) is 2.97. The van der Waals surface area contributed by atoms with E-state index in [1.54, 1.807) is 7.11 Å². The van der Waals surface area contributed by atoms with Crippen molar-refractivity contribution in [3.8, 4) is 0 Å². The molecule has 0 aromatic carbocycles. The lowest BCUT2D eigenvalue weighted by Gasteiger charge is -2.29. The topological polar surface area (TPSA) is 34.6 Å². The van der Waals surface area contributed by atoms with Gasteiger partial charge in [-0.3, -0.25) is 4.98 Å². The molecule has 94 valence electrons. The molecule has 1 saturated heterocycles. The highest BCUT2D eigenvalue weighted by Gasteiger charge is 2.15. The molecule has 1 atom stereocenters. The van der Waals surface area contributed by atoms with E-state index in [-0.39, 0.29) is 6.10 Å². The zero-order valence-corrected chi connectivity index (χ0v) is 11.7. The lowest BCUT2D eigenvalue weighted by Crippen LogP contribution is -2.36. The minimum atomic E-state index is 0.00288. The van der Waals surface area contributed by atoms with Gasteiger partial charge in [0.15, 0.2) is 0 Å². The summed E-state index contributed by atoms with van der Waals surface area (Å²) in [7, 11) is 1.69. The number of halogens is 1. The molecule has 0 bridgehead atoms. The van der Waals surface area contributed by atoms with Crippen LogP contribution in [-0.4, -0.2) is 38.4 Å². The van der Waals surface area contributed by atoms with Crippen molar-refractivity contribution >= 4 is 21.6 Å². The lowest BCUT2D eigenvalue weighted by molar-refractivity contribution is 0.115. The summed E-state index contributed by atoms with van der Waals surface area (Å²) < 4.78 is 11.6. The molecule has 5 heteroatoms. The maximum Gasteiger partial charge on any atom is 0.0974 e. The van der Waals surface area contributed by atoms with Crippen LogP contribution in [0.2, 0.25) is 0 Å². The van der Waals surface area contributed by atoms with Gasteiger partial charge in [0.05, 0.1) is 36.9 Å². The van der Waals surface area contributed by atoms with Crippen LogP contribution >= 0.6 is 15.9 Å². The Balaban J connectivity index is 2.17. The van der Waals surface area contributed by atoms with Crippen molar-refractivity contribution in [2.24, 2.45) is 0 Å². The number of pyridine rings is 1. The Morgan fingerprint density at radius 3 is 2.76 bits per heavy atom. The van der Waals surface area contributed by atoms with Crippen LogP contribution in [0.3, 0.4) is 0 Å². The highest BCUT2D eigenvalue weighted by atomic mass is 79.9. The Hall–Kier alpha value is -0.650. The molecule has 1 aliphatic heterocycles. The number of ether oxygens (including phenoxy) is 2. The molecular weight excluding hydrogens is 284 g/mol. The van der Waals surface area contributed by atoms with Crippen LogP contribution in [0.25, 0.3) is 0 Å². The summed E-state index contributed by atoms with van der Waals surface area (Å²) in [4.78, 5) is 6.75. The van der Waals surface area contributed by atoms with Crippen molar-refractivity contribution < 1.29 is 9.47 Å². The van der Waals surface area contributed by atoms with Crippen molar-refractivity contribution in [1.29, 1.82) is 0 Å². The van der Waals surface area contributed by atoms with E-state index in [1.165, 1.54) is 0 Å². The Morgan fingerprint density at radius 2 is 2.18 bits per heavy atom. The SMILES string of the molecule is CO[C@@H](C)c1ncc(N2CCOCC2)cc1Br. The van der Waals surface area contributed by atoms with Gasteiger partial charge in [-0.15, -0.1) is 0 Å². The van der Waals surface area contributed by atoms with Crippen LogP contribution in [0, 0.1) is 0 Å². The smallest absolute Gasteiger partial charge is 0.0974 e. The molecule has 1 fully saturated rings. The van der Waals surface area contributed by atoms with Crippen molar-refractivity contribution in [2.45, 2.75) is 13.0 Å². The van der Waals surface area contributed by atoms with Gasteiger partial charge in [-0.1, -0.05) is 0 Å². The van der Waals surface area contributed by atoms with Crippen LogP contribution in [0.5, 0.6) is 0 Å². The van der Waals surface area contributed by atoms with E-state index in [2.05, 4.69) is 31.9 Å². The van der Waals surface area contributed by atoms with Gasteiger partial charge in [0.1, 0.15) is 0 Å². The van der Waals surface area contributed by atoms with E-state index in [9.17, 15) is 0 Å². The van der Waals surface area contributed by atoms with E-state index in [4.69, 9.17) is 9.47 Å². The maximum absolute atomic E-state index is 5.34. The maximum atomic E-state index is 5.34. The fraction of sp³-hybridized carbons (Fsp3) is 0.583. The number of nitrogens with zero attached hydrogens (tertiary/aromatic N) is 2. The first-order valence-electron chi connectivity index (χ1n) is 5.73. The first kappa shape index (κ1) is 12.8. The largest absolute Gasteiger partial charge is 0.378 e. The van der Waals surface area contributed by atoms with Gasteiger partial charge < -0.3 is 14.4 Å². The highest BCUT2D eigenvalue weighted by Crippen LogP contribution is 2.27. The zero-order valence-electron chi connectivity index (χ0n) is 10.1.